The van der Waals surface area contributed by atoms with E-state index in [1.807, 2.05) is 0 Å². The molecule has 2 unspecified atom stereocenters. The Bertz CT molecular complexity index is 182. The Morgan fingerprint density at radius 1 is 1.54 bits per heavy atom. The van der Waals surface area contributed by atoms with Crippen LogP contribution in [0.5, 0.6) is 0 Å². The first-order valence-corrected chi connectivity index (χ1v) is 5.08. The van der Waals surface area contributed by atoms with Crippen molar-refractivity contribution in [1.82, 2.24) is 5.32 Å². The van der Waals surface area contributed by atoms with Crippen LogP contribution in [0.3, 0.4) is 0 Å². The van der Waals surface area contributed by atoms with Crippen molar-refractivity contribution in [2.45, 2.75) is 51.6 Å². The second-order valence-electron chi connectivity index (χ2n) is 4.20. The molecule has 1 fully saturated rings. The fourth-order valence-corrected chi connectivity index (χ4v) is 2.01. The van der Waals surface area contributed by atoms with Gasteiger partial charge in [0.1, 0.15) is 6.04 Å². The van der Waals surface area contributed by atoms with Crippen LogP contribution in [0.15, 0.2) is 0 Å². The highest BCUT2D eigenvalue weighted by molar-refractivity contribution is 5.72. The molecule has 3 nitrogen and oxygen atoms in total. The van der Waals surface area contributed by atoms with Crippen molar-refractivity contribution in [3.05, 3.63) is 0 Å². The number of carboxylic acids is 1. The topological polar surface area (TPSA) is 49.3 Å². The summed E-state index contributed by atoms with van der Waals surface area (Å²) in [5.74, 6) is -0.00882. The van der Waals surface area contributed by atoms with Gasteiger partial charge in [-0.3, -0.25) is 4.79 Å². The highest BCUT2D eigenvalue weighted by Gasteiger charge is 2.22. The van der Waals surface area contributed by atoms with Gasteiger partial charge < -0.3 is 10.4 Å². The molecule has 0 aromatic carbocycles. The third-order valence-corrected chi connectivity index (χ3v) is 2.79. The minimum absolute atomic E-state index is 0.407. The molecule has 1 saturated carbocycles. The van der Waals surface area contributed by atoms with Gasteiger partial charge in [0, 0.05) is 6.04 Å². The first-order chi connectivity index (χ1) is 6.09. The molecule has 3 heteroatoms. The van der Waals surface area contributed by atoms with E-state index in [1.54, 1.807) is 6.92 Å². The van der Waals surface area contributed by atoms with E-state index in [0.717, 1.165) is 18.8 Å². The van der Waals surface area contributed by atoms with Gasteiger partial charge in [0.15, 0.2) is 0 Å². The van der Waals surface area contributed by atoms with Crippen molar-refractivity contribution < 1.29 is 9.90 Å². The van der Waals surface area contributed by atoms with E-state index in [1.165, 1.54) is 12.8 Å². The zero-order valence-corrected chi connectivity index (χ0v) is 8.42. The lowest BCUT2D eigenvalue weighted by Gasteiger charge is -2.28. The molecule has 3 atom stereocenters. The zero-order chi connectivity index (χ0) is 9.84. The third kappa shape index (κ3) is 3.35. The molecule has 0 aromatic heterocycles. The first kappa shape index (κ1) is 10.5. The van der Waals surface area contributed by atoms with Crippen LogP contribution in [0.4, 0.5) is 0 Å². The van der Waals surface area contributed by atoms with E-state index in [4.69, 9.17) is 5.11 Å². The molecule has 1 rings (SSSR count). The lowest BCUT2D eigenvalue weighted by molar-refractivity contribution is -0.139. The number of hydrogen-bond acceptors (Lipinski definition) is 2. The molecule has 0 amide bonds. The predicted octanol–water partition coefficient (Wildman–Crippen LogP) is 1.63. The molecule has 0 saturated heterocycles. The number of carbonyl (C=O) groups is 1. The van der Waals surface area contributed by atoms with Crippen LogP contribution in [0.25, 0.3) is 0 Å². The minimum atomic E-state index is -0.752. The molecule has 0 spiro atoms. The van der Waals surface area contributed by atoms with Crippen molar-refractivity contribution in [2.75, 3.05) is 0 Å². The number of carboxylic acid groups (broad SMARTS) is 1. The van der Waals surface area contributed by atoms with Crippen LogP contribution in [0.2, 0.25) is 0 Å². The second kappa shape index (κ2) is 4.61. The molecule has 0 heterocycles. The van der Waals surface area contributed by atoms with Crippen molar-refractivity contribution >= 4 is 5.97 Å². The van der Waals surface area contributed by atoms with E-state index >= 15 is 0 Å². The molecular weight excluding hydrogens is 166 g/mol. The second-order valence-corrected chi connectivity index (χ2v) is 4.20. The fraction of sp³-hybridized carbons (Fsp3) is 0.900. The van der Waals surface area contributed by atoms with Crippen molar-refractivity contribution in [2.24, 2.45) is 5.92 Å². The number of aliphatic carboxylic acids is 1. The maximum absolute atomic E-state index is 10.6. The van der Waals surface area contributed by atoms with E-state index in [0.29, 0.717) is 6.04 Å². The monoisotopic (exact) mass is 185 g/mol. The molecule has 1 aliphatic rings. The molecule has 13 heavy (non-hydrogen) atoms. The van der Waals surface area contributed by atoms with Crippen molar-refractivity contribution in [1.29, 1.82) is 0 Å². The Morgan fingerprint density at radius 2 is 2.23 bits per heavy atom. The van der Waals surface area contributed by atoms with Gasteiger partial charge in [-0.15, -0.1) is 0 Å². The zero-order valence-electron chi connectivity index (χ0n) is 8.42. The standard InChI is InChI=1S/C10H19NO2/c1-7-4-3-5-9(6-7)11-8(2)10(12)13/h7-9,11H,3-6H2,1-2H3,(H,12,13)/t7?,8-,9?/m1/s1. The quantitative estimate of drug-likeness (QED) is 0.702. The predicted molar refractivity (Wildman–Crippen MR) is 51.7 cm³/mol. The Balaban J connectivity index is 2.31. The molecule has 0 aromatic rings. The smallest absolute Gasteiger partial charge is 0.320 e. The summed E-state index contributed by atoms with van der Waals surface area (Å²) < 4.78 is 0. The van der Waals surface area contributed by atoms with E-state index in [9.17, 15) is 4.79 Å². The van der Waals surface area contributed by atoms with E-state index in [2.05, 4.69) is 12.2 Å². The SMILES string of the molecule is CC1CCCC(N[C@H](C)C(=O)O)C1. The molecule has 76 valence electrons. The lowest BCUT2D eigenvalue weighted by Crippen LogP contribution is -2.43. The minimum Gasteiger partial charge on any atom is -0.480 e. The third-order valence-electron chi connectivity index (χ3n) is 2.79. The summed E-state index contributed by atoms with van der Waals surface area (Å²) in [7, 11) is 0. The molecule has 0 bridgehead atoms. The largest absolute Gasteiger partial charge is 0.480 e. The highest BCUT2D eigenvalue weighted by Crippen LogP contribution is 2.23. The number of rotatable bonds is 3. The molecule has 1 aliphatic carbocycles. The van der Waals surface area contributed by atoms with Gasteiger partial charge in [-0.25, -0.2) is 0 Å². The van der Waals surface area contributed by atoms with E-state index in [-0.39, 0.29) is 0 Å². The Kier molecular flexibility index (Phi) is 3.72. The van der Waals surface area contributed by atoms with E-state index < -0.39 is 12.0 Å². The van der Waals surface area contributed by atoms with Crippen LogP contribution in [-0.2, 0) is 4.79 Å². The Morgan fingerprint density at radius 3 is 2.77 bits per heavy atom. The van der Waals surface area contributed by atoms with Crippen LogP contribution in [0.1, 0.15) is 39.5 Å². The average molecular weight is 185 g/mol. The van der Waals surface area contributed by atoms with Gasteiger partial charge in [-0.1, -0.05) is 19.8 Å². The Labute approximate surface area is 79.5 Å². The molecule has 0 radical (unpaired) electrons. The van der Waals surface area contributed by atoms with Crippen LogP contribution >= 0.6 is 0 Å². The summed E-state index contributed by atoms with van der Waals surface area (Å²) in [6.45, 7) is 3.95. The summed E-state index contributed by atoms with van der Waals surface area (Å²) in [6.07, 6.45) is 4.77. The Hall–Kier alpha value is -0.570. The maximum Gasteiger partial charge on any atom is 0.320 e. The first-order valence-electron chi connectivity index (χ1n) is 5.08. The summed E-state index contributed by atoms with van der Waals surface area (Å²) in [6, 6.07) is 0.00477. The number of nitrogens with one attached hydrogen (secondary N) is 1. The van der Waals surface area contributed by atoms with Crippen molar-refractivity contribution in [3.8, 4) is 0 Å². The molecule has 2 N–H and O–H groups in total. The van der Waals surface area contributed by atoms with Gasteiger partial charge in [-0.05, 0) is 25.7 Å². The highest BCUT2D eigenvalue weighted by atomic mass is 16.4. The van der Waals surface area contributed by atoms with Gasteiger partial charge >= 0.3 is 5.97 Å². The van der Waals surface area contributed by atoms with Gasteiger partial charge in [-0.2, -0.15) is 0 Å². The maximum atomic E-state index is 10.6. The molecular formula is C10H19NO2. The normalized spacial score (nSPS) is 31.2. The summed E-state index contributed by atoms with van der Waals surface area (Å²) in [4.78, 5) is 10.6. The summed E-state index contributed by atoms with van der Waals surface area (Å²) in [5.41, 5.74) is 0. The fourth-order valence-electron chi connectivity index (χ4n) is 2.01. The van der Waals surface area contributed by atoms with Crippen LogP contribution in [0, 0.1) is 5.92 Å². The van der Waals surface area contributed by atoms with Crippen LogP contribution in [-0.4, -0.2) is 23.2 Å². The average Bonchev–Trinajstić information content (AvgIpc) is 2.04. The van der Waals surface area contributed by atoms with Gasteiger partial charge in [0.2, 0.25) is 0 Å². The van der Waals surface area contributed by atoms with Crippen LogP contribution < -0.4 is 5.32 Å². The summed E-state index contributed by atoms with van der Waals surface area (Å²) >= 11 is 0. The summed E-state index contributed by atoms with van der Waals surface area (Å²) in [5, 5.41) is 11.9. The van der Waals surface area contributed by atoms with Gasteiger partial charge in [0.05, 0.1) is 0 Å². The van der Waals surface area contributed by atoms with Crippen molar-refractivity contribution in [3.63, 3.8) is 0 Å². The molecule has 0 aliphatic heterocycles. The lowest BCUT2D eigenvalue weighted by atomic mass is 9.87. The van der Waals surface area contributed by atoms with Gasteiger partial charge in [0.25, 0.3) is 0 Å². The number of hydrogen-bond donors (Lipinski definition) is 2.